The number of nitrogens with zero attached hydrogens (tertiary/aromatic N) is 3. The predicted octanol–water partition coefficient (Wildman–Crippen LogP) is 1.07. The zero-order chi connectivity index (χ0) is 23.8. The Kier molecular flexibility index (Phi) is 9.06. The fourth-order valence-electron chi connectivity index (χ4n) is 2.64. The van der Waals surface area contributed by atoms with E-state index in [1.54, 1.807) is 23.1 Å². The molecule has 12 nitrogen and oxygen atoms in total. The lowest BCUT2D eigenvalue weighted by Crippen LogP contribution is -2.29. The summed E-state index contributed by atoms with van der Waals surface area (Å²) in [4.78, 5) is 1.68. The molecule has 0 aliphatic carbocycles. The van der Waals surface area contributed by atoms with Crippen LogP contribution in [0.15, 0.2) is 57.6 Å². The number of nitrogen functional groups attached to an aromatic ring is 1. The second-order valence-corrected chi connectivity index (χ2v) is 9.64. The third-order valence-corrected chi connectivity index (χ3v) is 6.33. The molecule has 0 bridgehead atoms. The van der Waals surface area contributed by atoms with E-state index in [9.17, 15) is 16.8 Å². The Bertz CT molecular complexity index is 1130. The number of aliphatic hydroxyl groups is 2. The highest BCUT2D eigenvalue weighted by Crippen LogP contribution is 2.29. The van der Waals surface area contributed by atoms with Crippen LogP contribution in [0.2, 0.25) is 0 Å². The van der Waals surface area contributed by atoms with Gasteiger partial charge in [-0.05, 0) is 42.5 Å². The van der Waals surface area contributed by atoms with Gasteiger partial charge in [-0.3, -0.25) is 4.55 Å². The average molecular weight is 489 g/mol. The summed E-state index contributed by atoms with van der Waals surface area (Å²) in [5, 5.41) is 26.4. The normalized spacial score (nSPS) is 12.3. The Morgan fingerprint density at radius 3 is 2.09 bits per heavy atom. The molecule has 0 radical (unpaired) electrons. The molecule has 2 aromatic rings. The van der Waals surface area contributed by atoms with Crippen molar-refractivity contribution < 1.29 is 35.8 Å². The van der Waals surface area contributed by atoms with Crippen LogP contribution in [0.5, 0.6) is 0 Å². The maximum atomic E-state index is 12.2. The zero-order valence-corrected chi connectivity index (χ0v) is 18.5. The summed E-state index contributed by atoms with van der Waals surface area (Å²) in [7, 11) is -8.54. The molecule has 0 saturated heterocycles. The summed E-state index contributed by atoms with van der Waals surface area (Å²) in [5.41, 5.74) is 7.77. The number of benzene rings is 2. The van der Waals surface area contributed by atoms with Gasteiger partial charge in [0.1, 0.15) is 5.69 Å². The lowest BCUT2D eigenvalue weighted by Gasteiger charge is -2.23. The summed E-state index contributed by atoms with van der Waals surface area (Å²) in [6, 6.07) is 10.4. The zero-order valence-electron chi connectivity index (χ0n) is 16.9. The van der Waals surface area contributed by atoms with Crippen molar-refractivity contribution in [2.24, 2.45) is 10.2 Å². The van der Waals surface area contributed by atoms with Crippen LogP contribution in [-0.4, -0.2) is 70.3 Å². The van der Waals surface area contributed by atoms with Crippen molar-refractivity contribution in [3.05, 3.63) is 42.5 Å². The van der Waals surface area contributed by atoms with Gasteiger partial charge in [0.25, 0.3) is 0 Å². The van der Waals surface area contributed by atoms with Gasteiger partial charge in [0, 0.05) is 18.8 Å². The second kappa shape index (κ2) is 11.3. The number of sulfone groups is 1. The number of nitrogens with two attached hydrogens (primary N) is 1. The van der Waals surface area contributed by atoms with Crippen molar-refractivity contribution >= 4 is 43.0 Å². The molecule has 0 atom stereocenters. The first-order chi connectivity index (χ1) is 15.1. The minimum absolute atomic E-state index is 0.0767. The molecule has 0 amide bonds. The van der Waals surface area contributed by atoms with E-state index in [1.807, 2.05) is 0 Å². The molecule has 14 heteroatoms. The van der Waals surface area contributed by atoms with Gasteiger partial charge < -0.3 is 20.8 Å². The van der Waals surface area contributed by atoms with Crippen LogP contribution >= 0.6 is 0 Å². The van der Waals surface area contributed by atoms with E-state index in [1.165, 1.54) is 24.3 Å². The average Bonchev–Trinajstić information content (AvgIpc) is 2.72. The number of rotatable bonds is 12. The van der Waals surface area contributed by atoms with Gasteiger partial charge in [0.2, 0.25) is 0 Å². The smallest absolute Gasteiger partial charge is 0.397 e. The Morgan fingerprint density at radius 2 is 1.56 bits per heavy atom. The van der Waals surface area contributed by atoms with Crippen molar-refractivity contribution in [2.75, 3.05) is 49.3 Å². The van der Waals surface area contributed by atoms with E-state index >= 15 is 0 Å². The summed E-state index contributed by atoms with van der Waals surface area (Å²) in [6.45, 7) is -0.219. The minimum Gasteiger partial charge on any atom is -0.397 e. The van der Waals surface area contributed by atoms with Crippen LogP contribution in [0.25, 0.3) is 0 Å². The SMILES string of the molecule is Nc1cc(N(CCO)CCO)ccc1N=Nc1ccc(S(=O)(=O)CCOS(=O)(=O)O)cc1. The highest BCUT2D eigenvalue weighted by molar-refractivity contribution is 7.91. The van der Waals surface area contributed by atoms with Crippen LogP contribution in [-0.2, 0) is 24.4 Å². The van der Waals surface area contributed by atoms with E-state index in [0.29, 0.717) is 35.8 Å². The third-order valence-electron chi connectivity index (χ3n) is 4.17. The lowest BCUT2D eigenvalue weighted by molar-refractivity contribution is 0.281. The van der Waals surface area contributed by atoms with Crippen molar-refractivity contribution in [1.82, 2.24) is 0 Å². The molecule has 0 unspecified atom stereocenters. The molecule has 0 saturated carbocycles. The van der Waals surface area contributed by atoms with E-state index in [4.69, 9.17) is 20.5 Å². The van der Waals surface area contributed by atoms with Crippen LogP contribution in [0.4, 0.5) is 22.7 Å². The number of aliphatic hydroxyl groups excluding tert-OH is 2. The molecule has 5 N–H and O–H groups in total. The van der Waals surface area contributed by atoms with E-state index in [0.717, 1.165) is 0 Å². The first-order valence-corrected chi connectivity index (χ1v) is 12.3. The molecule has 0 aliphatic heterocycles. The van der Waals surface area contributed by atoms with Crippen LogP contribution in [0, 0.1) is 0 Å². The number of azo groups is 1. The first-order valence-electron chi connectivity index (χ1n) is 9.28. The molecule has 0 spiro atoms. The number of hydrogen-bond donors (Lipinski definition) is 4. The number of hydrogen-bond acceptors (Lipinski definition) is 11. The van der Waals surface area contributed by atoms with E-state index in [2.05, 4.69) is 14.4 Å². The molecule has 0 aromatic heterocycles. The molecule has 0 fully saturated rings. The molecule has 176 valence electrons. The summed E-state index contributed by atoms with van der Waals surface area (Å²) in [5.74, 6) is -0.639. The van der Waals surface area contributed by atoms with Gasteiger partial charge in [0.15, 0.2) is 9.84 Å². The van der Waals surface area contributed by atoms with Gasteiger partial charge >= 0.3 is 10.4 Å². The minimum atomic E-state index is -4.71. The van der Waals surface area contributed by atoms with Crippen molar-refractivity contribution in [1.29, 1.82) is 0 Å². The van der Waals surface area contributed by atoms with Crippen molar-refractivity contribution in [3.63, 3.8) is 0 Å². The summed E-state index contributed by atoms with van der Waals surface area (Å²) < 4.78 is 57.9. The van der Waals surface area contributed by atoms with E-state index < -0.39 is 32.6 Å². The highest BCUT2D eigenvalue weighted by Gasteiger charge is 2.16. The maximum absolute atomic E-state index is 12.2. The van der Waals surface area contributed by atoms with Gasteiger partial charge in [0.05, 0.1) is 41.8 Å². The summed E-state index contributed by atoms with van der Waals surface area (Å²) >= 11 is 0. The largest absolute Gasteiger partial charge is 0.397 e. The fraction of sp³-hybridized carbons (Fsp3) is 0.333. The van der Waals surface area contributed by atoms with Crippen molar-refractivity contribution in [2.45, 2.75) is 4.90 Å². The van der Waals surface area contributed by atoms with Gasteiger partial charge in [-0.15, -0.1) is 5.11 Å². The standard InChI is InChI=1S/C18H24N4O8S2/c19-17-13-15(22(7-9-23)8-10-24)3-6-18(17)21-20-14-1-4-16(5-2-14)31(25,26)12-11-30-32(27,28)29/h1-6,13,23-24H,7-12,19H2,(H,27,28,29). The quantitative estimate of drug-likeness (QED) is 0.191. The second-order valence-electron chi connectivity index (χ2n) is 6.44. The fourth-order valence-corrected chi connectivity index (χ4v) is 4.13. The molecule has 32 heavy (non-hydrogen) atoms. The van der Waals surface area contributed by atoms with Gasteiger partial charge in [-0.2, -0.15) is 13.5 Å². The van der Waals surface area contributed by atoms with Gasteiger partial charge in [-0.25, -0.2) is 12.6 Å². The highest BCUT2D eigenvalue weighted by atomic mass is 32.3. The Balaban J connectivity index is 2.09. The molecule has 0 aliphatic rings. The Hall–Kier alpha value is -2.62. The van der Waals surface area contributed by atoms with Crippen LogP contribution in [0.3, 0.4) is 0 Å². The molecule has 0 heterocycles. The summed E-state index contributed by atoms with van der Waals surface area (Å²) in [6.07, 6.45) is 0. The van der Waals surface area contributed by atoms with Crippen molar-refractivity contribution in [3.8, 4) is 0 Å². The predicted molar refractivity (Wildman–Crippen MR) is 117 cm³/mol. The molecule has 2 rings (SSSR count). The lowest BCUT2D eigenvalue weighted by atomic mass is 10.2. The molecular formula is C18H24N4O8S2. The third kappa shape index (κ3) is 7.81. The van der Waals surface area contributed by atoms with E-state index in [-0.39, 0.29) is 18.1 Å². The van der Waals surface area contributed by atoms with Crippen LogP contribution in [0.1, 0.15) is 0 Å². The molecular weight excluding hydrogens is 464 g/mol. The Labute approximate surface area is 185 Å². The maximum Gasteiger partial charge on any atom is 0.397 e. The van der Waals surface area contributed by atoms with Gasteiger partial charge in [-0.1, -0.05) is 0 Å². The number of anilines is 2. The first kappa shape index (κ1) is 25.6. The van der Waals surface area contributed by atoms with Crippen LogP contribution < -0.4 is 10.6 Å². The topological polar surface area (TPSA) is 192 Å². The Morgan fingerprint density at radius 1 is 0.938 bits per heavy atom. The monoisotopic (exact) mass is 488 g/mol. The molecule has 2 aromatic carbocycles.